The van der Waals surface area contributed by atoms with Crippen LogP contribution in [0.5, 0.6) is 0 Å². The van der Waals surface area contributed by atoms with Gasteiger partial charge >= 0.3 is 0 Å². The minimum Gasteiger partial charge on any atom is -0.310 e. The van der Waals surface area contributed by atoms with Crippen LogP contribution in [0, 0.1) is 0 Å². The number of fused-ring (bicyclic) bond motifs is 6. The standard InChI is InChI=1S/C48H32N4S/c1-5-15-33(16-6-1)25-26-34-27-29-42-40(31-34)41-32-38(51(36-19-9-3-10-20-36)37-21-11-4-12-22-37)28-30-43(41)52(42)48-49-45(35-17-7-2-8-18-35)47-46(50-48)39-23-13-14-24-44(39)53-47/h1-32H/b26-25-. The first-order valence-corrected chi connectivity index (χ1v) is 18.6. The van der Waals surface area contributed by atoms with Crippen molar-refractivity contribution in [1.82, 2.24) is 14.5 Å². The highest BCUT2D eigenvalue weighted by Crippen LogP contribution is 2.42. The van der Waals surface area contributed by atoms with Crippen LogP contribution in [0.2, 0.25) is 0 Å². The summed E-state index contributed by atoms with van der Waals surface area (Å²) in [5.74, 6) is 0.656. The van der Waals surface area contributed by atoms with Gasteiger partial charge in [-0.1, -0.05) is 133 Å². The van der Waals surface area contributed by atoms with E-state index in [0.717, 1.165) is 76.9 Å². The number of rotatable bonds is 7. The SMILES string of the molecule is C(=C/c1ccc2c(c1)c1cc(N(c3ccccc3)c3ccccc3)ccc1n2-c1nc(-c2ccccc2)c2sc3ccccc3c2n1)/c1ccccc1. The topological polar surface area (TPSA) is 34.0 Å². The molecule has 0 bridgehead atoms. The second-order valence-corrected chi connectivity index (χ2v) is 14.1. The van der Waals surface area contributed by atoms with E-state index in [0.29, 0.717) is 5.95 Å². The first-order chi connectivity index (χ1) is 26.3. The van der Waals surface area contributed by atoms with Gasteiger partial charge in [-0.05, 0) is 71.8 Å². The van der Waals surface area contributed by atoms with Gasteiger partial charge in [-0.25, -0.2) is 9.97 Å². The number of anilines is 3. The lowest BCUT2D eigenvalue weighted by molar-refractivity contribution is 1.02. The minimum absolute atomic E-state index is 0.656. The van der Waals surface area contributed by atoms with E-state index in [1.807, 2.05) is 6.07 Å². The lowest BCUT2D eigenvalue weighted by atomic mass is 10.1. The summed E-state index contributed by atoms with van der Waals surface area (Å²) in [4.78, 5) is 13.1. The molecule has 250 valence electrons. The van der Waals surface area contributed by atoms with Gasteiger partial charge in [-0.15, -0.1) is 11.3 Å². The molecule has 10 rings (SSSR count). The lowest BCUT2D eigenvalue weighted by Gasteiger charge is -2.25. The summed E-state index contributed by atoms with van der Waals surface area (Å²) in [6.45, 7) is 0. The normalized spacial score (nSPS) is 11.7. The summed E-state index contributed by atoms with van der Waals surface area (Å²) in [7, 11) is 0. The zero-order valence-electron chi connectivity index (χ0n) is 28.7. The van der Waals surface area contributed by atoms with Crippen molar-refractivity contribution in [3.05, 3.63) is 193 Å². The van der Waals surface area contributed by atoms with Crippen LogP contribution in [0.15, 0.2) is 182 Å². The molecule has 5 heteroatoms. The Morgan fingerprint density at radius 2 is 1.06 bits per heavy atom. The maximum Gasteiger partial charge on any atom is 0.235 e. The van der Waals surface area contributed by atoms with E-state index in [9.17, 15) is 0 Å². The minimum atomic E-state index is 0.656. The molecular formula is C48H32N4S. The van der Waals surface area contributed by atoms with E-state index in [1.165, 1.54) is 4.70 Å². The predicted octanol–water partition coefficient (Wildman–Crippen LogP) is 13.2. The highest BCUT2D eigenvalue weighted by atomic mass is 32.1. The fourth-order valence-corrected chi connectivity index (χ4v) is 8.47. The second kappa shape index (κ2) is 13.1. The fraction of sp³-hybridized carbons (Fsp3) is 0. The number of para-hydroxylation sites is 2. The zero-order valence-corrected chi connectivity index (χ0v) is 29.5. The Morgan fingerprint density at radius 3 is 1.77 bits per heavy atom. The van der Waals surface area contributed by atoms with Crippen LogP contribution in [0.4, 0.5) is 17.1 Å². The van der Waals surface area contributed by atoms with E-state index in [2.05, 4.69) is 198 Å². The summed E-state index contributed by atoms with van der Waals surface area (Å²) in [5.41, 5.74) is 10.6. The summed E-state index contributed by atoms with van der Waals surface area (Å²) >= 11 is 1.76. The van der Waals surface area contributed by atoms with Crippen molar-refractivity contribution in [2.75, 3.05) is 4.90 Å². The highest BCUT2D eigenvalue weighted by molar-refractivity contribution is 7.26. The number of thiophene rings is 1. The van der Waals surface area contributed by atoms with E-state index in [4.69, 9.17) is 9.97 Å². The fourth-order valence-electron chi connectivity index (χ4n) is 7.32. The quantitative estimate of drug-likeness (QED) is 0.156. The van der Waals surface area contributed by atoms with Gasteiger partial charge in [0, 0.05) is 43.5 Å². The molecule has 0 spiro atoms. The van der Waals surface area contributed by atoms with Crippen LogP contribution >= 0.6 is 11.3 Å². The van der Waals surface area contributed by atoms with Gasteiger partial charge in [-0.3, -0.25) is 4.57 Å². The van der Waals surface area contributed by atoms with Crippen molar-refractivity contribution in [3.8, 4) is 17.2 Å². The molecule has 3 heterocycles. The van der Waals surface area contributed by atoms with Gasteiger partial charge in [0.25, 0.3) is 0 Å². The molecule has 0 unspecified atom stereocenters. The third-order valence-electron chi connectivity index (χ3n) is 9.78. The summed E-state index contributed by atoms with van der Waals surface area (Å²) < 4.78 is 4.54. The number of benzene rings is 7. The smallest absolute Gasteiger partial charge is 0.235 e. The Bertz CT molecular complexity index is 2890. The molecule has 0 amide bonds. The number of nitrogens with zero attached hydrogens (tertiary/aromatic N) is 4. The van der Waals surface area contributed by atoms with Crippen LogP contribution in [-0.4, -0.2) is 14.5 Å². The molecule has 0 aliphatic rings. The van der Waals surface area contributed by atoms with Gasteiger partial charge in [0.2, 0.25) is 5.95 Å². The maximum absolute atomic E-state index is 5.40. The van der Waals surface area contributed by atoms with Crippen molar-refractivity contribution in [2.24, 2.45) is 0 Å². The van der Waals surface area contributed by atoms with E-state index >= 15 is 0 Å². The first-order valence-electron chi connectivity index (χ1n) is 17.8. The van der Waals surface area contributed by atoms with Gasteiger partial charge in [-0.2, -0.15) is 0 Å². The summed E-state index contributed by atoms with van der Waals surface area (Å²) in [5, 5.41) is 3.41. The maximum atomic E-state index is 5.40. The summed E-state index contributed by atoms with van der Waals surface area (Å²) in [6, 6.07) is 64.0. The molecule has 10 aromatic rings. The molecule has 0 aliphatic heterocycles. The Labute approximate surface area is 311 Å². The van der Waals surface area contributed by atoms with E-state index in [-0.39, 0.29) is 0 Å². The van der Waals surface area contributed by atoms with E-state index < -0.39 is 0 Å². The van der Waals surface area contributed by atoms with Crippen LogP contribution < -0.4 is 4.90 Å². The van der Waals surface area contributed by atoms with E-state index in [1.54, 1.807) is 11.3 Å². The van der Waals surface area contributed by atoms with Crippen LogP contribution in [0.1, 0.15) is 11.1 Å². The van der Waals surface area contributed by atoms with Crippen molar-refractivity contribution >= 4 is 82.7 Å². The van der Waals surface area contributed by atoms with Crippen LogP contribution in [0.25, 0.3) is 71.5 Å². The Kier molecular flexibility index (Phi) is 7.63. The lowest BCUT2D eigenvalue weighted by Crippen LogP contribution is -2.09. The Morgan fingerprint density at radius 1 is 0.472 bits per heavy atom. The average molecular weight is 697 g/mol. The molecule has 0 radical (unpaired) electrons. The molecular weight excluding hydrogens is 665 g/mol. The Hall–Kier alpha value is -6.82. The third kappa shape index (κ3) is 5.55. The molecule has 7 aromatic carbocycles. The molecule has 0 saturated heterocycles. The van der Waals surface area contributed by atoms with Crippen LogP contribution in [-0.2, 0) is 0 Å². The van der Waals surface area contributed by atoms with Gasteiger partial charge in [0.15, 0.2) is 0 Å². The highest BCUT2D eigenvalue weighted by Gasteiger charge is 2.21. The summed E-state index contributed by atoms with van der Waals surface area (Å²) in [6.07, 6.45) is 4.36. The molecule has 4 nitrogen and oxygen atoms in total. The largest absolute Gasteiger partial charge is 0.310 e. The molecule has 0 atom stereocenters. The van der Waals surface area contributed by atoms with Gasteiger partial charge in [0.05, 0.1) is 26.9 Å². The second-order valence-electron chi connectivity index (χ2n) is 13.1. The predicted molar refractivity (Wildman–Crippen MR) is 225 cm³/mol. The van der Waals surface area contributed by atoms with Crippen molar-refractivity contribution < 1.29 is 0 Å². The number of hydrogen-bond acceptors (Lipinski definition) is 4. The molecule has 0 fully saturated rings. The molecule has 0 saturated carbocycles. The van der Waals surface area contributed by atoms with Gasteiger partial charge < -0.3 is 4.90 Å². The monoisotopic (exact) mass is 696 g/mol. The third-order valence-corrected chi connectivity index (χ3v) is 10.9. The van der Waals surface area contributed by atoms with Crippen molar-refractivity contribution in [3.63, 3.8) is 0 Å². The Balaban J connectivity index is 1.25. The van der Waals surface area contributed by atoms with Crippen molar-refractivity contribution in [2.45, 2.75) is 0 Å². The average Bonchev–Trinajstić information content (AvgIpc) is 3.76. The molecule has 3 aromatic heterocycles. The number of aromatic nitrogens is 3. The van der Waals surface area contributed by atoms with Crippen molar-refractivity contribution in [1.29, 1.82) is 0 Å². The first kappa shape index (κ1) is 31.0. The molecule has 53 heavy (non-hydrogen) atoms. The molecule has 0 N–H and O–H groups in total. The van der Waals surface area contributed by atoms with Gasteiger partial charge in [0.1, 0.15) is 0 Å². The number of hydrogen-bond donors (Lipinski definition) is 0. The molecule has 0 aliphatic carbocycles. The van der Waals surface area contributed by atoms with Crippen LogP contribution in [0.3, 0.4) is 0 Å². The zero-order chi connectivity index (χ0) is 35.1.